The number of hydrogen-bond acceptors (Lipinski definition) is 4. The molecule has 0 N–H and O–H groups in total. The molecular weight excluding hydrogens is 371 g/mol. The zero-order chi connectivity index (χ0) is 18.5. The van der Waals surface area contributed by atoms with Crippen LogP contribution in [-0.4, -0.2) is 36.0 Å². The summed E-state index contributed by atoms with van der Waals surface area (Å²) in [7, 11) is 0. The van der Waals surface area contributed by atoms with E-state index in [9.17, 15) is 4.79 Å². The lowest BCUT2D eigenvalue weighted by atomic mass is 9.94. The highest BCUT2D eigenvalue weighted by Gasteiger charge is 2.23. The van der Waals surface area contributed by atoms with Gasteiger partial charge in [-0.1, -0.05) is 29.3 Å². The first kappa shape index (κ1) is 18.9. The third-order valence-electron chi connectivity index (χ3n) is 4.77. The van der Waals surface area contributed by atoms with Gasteiger partial charge >= 0.3 is 0 Å². The van der Waals surface area contributed by atoms with Crippen LogP contribution in [0, 0.1) is 12.8 Å². The fourth-order valence-corrected chi connectivity index (χ4v) is 3.94. The molecule has 5 nitrogen and oxygen atoms in total. The summed E-state index contributed by atoms with van der Waals surface area (Å²) >= 11 is 12.3. The van der Waals surface area contributed by atoms with Gasteiger partial charge in [-0.05, 0) is 49.8 Å². The van der Waals surface area contributed by atoms with Crippen molar-refractivity contribution in [2.75, 3.05) is 29.4 Å². The highest BCUT2D eigenvalue weighted by Crippen LogP contribution is 2.30. The molecule has 2 aromatic rings. The second-order valence-corrected chi connectivity index (χ2v) is 7.49. The topological polar surface area (TPSA) is 49.3 Å². The number of nitrogens with zero attached hydrogens (tertiary/aromatic N) is 4. The van der Waals surface area contributed by atoms with Crippen LogP contribution in [0.25, 0.3) is 0 Å². The van der Waals surface area contributed by atoms with Gasteiger partial charge in [-0.25, -0.2) is 9.97 Å². The third-order valence-corrected chi connectivity index (χ3v) is 5.25. The molecule has 2 aromatic heterocycles. The fraction of sp³-hybridized carbons (Fsp3) is 0.421. The SMILES string of the molecule is Cc1cccnc1N(C=O)CCC1CCCN(c2ncc(Cl)cc2Cl)C1. The Kier molecular flexibility index (Phi) is 6.33. The van der Waals surface area contributed by atoms with Crippen molar-refractivity contribution < 1.29 is 4.79 Å². The minimum absolute atomic E-state index is 0.476. The molecule has 1 fully saturated rings. The van der Waals surface area contributed by atoms with Gasteiger partial charge in [-0.2, -0.15) is 0 Å². The van der Waals surface area contributed by atoms with Crippen LogP contribution in [0.3, 0.4) is 0 Å². The Morgan fingerprint density at radius 2 is 2.23 bits per heavy atom. The van der Waals surface area contributed by atoms with E-state index in [0.29, 0.717) is 22.5 Å². The molecule has 1 amide bonds. The number of halogens is 2. The number of hydrogen-bond donors (Lipinski definition) is 0. The van der Waals surface area contributed by atoms with Crippen LogP contribution < -0.4 is 9.80 Å². The van der Waals surface area contributed by atoms with Gasteiger partial charge in [0.05, 0.1) is 10.0 Å². The molecule has 3 rings (SSSR count). The van der Waals surface area contributed by atoms with Crippen molar-refractivity contribution >= 4 is 41.2 Å². The van der Waals surface area contributed by atoms with Gasteiger partial charge in [0.15, 0.2) is 0 Å². The van der Waals surface area contributed by atoms with Crippen molar-refractivity contribution in [3.8, 4) is 0 Å². The molecule has 7 heteroatoms. The summed E-state index contributed by atoms with van der Waals surface area (Å²) < 4.78 is 0. The predicted molar refractivity (Wildman–Crippen MR) is 106 cm³/mol. The number of rotatable bonds is 6. The molecule has 0 bridgehead atoms. The van der Waals surface area contributed by atoms with E-state index in [0.717, 1.165) is 56.0 Å². The lowest BCUT2D eigenvalue weighted by molar-refractivity contribution is -0.107. The van der Waals surface area contributed by atoms with Gasteiger partial charge in [0.2, 0.25) is 6.41 Å². The van der Waals surface area contributed by atoms with E-state index in [1.807, 2.05) is 19.1 Å². The molecule has 0 spiro atoms. The van der Waals surface area contributed by atoms with Gasteiger partial charge < -0.3 is 4.90 Å². The first-order valence-electron chi connectivity index (χ1n) is 8.78. The first-order chi connectivity index (χ1) is 12.6. The van der Waals surface area contributed by atoms with Gasteiger partial charge in [0.1, 0.15) is 11.6 Å². The maximum absolute atomic E-state index is 11.5. The van der Waals surface area contributed by atoms with E-state index in [4.69, 9.17) is 23.2 Å². The van der Waals surface area contributed by atoms with Gasteiger partial charge in [0.25, 0.3) is 0 Å². The number of piperidine rings is 1. The summed E-state index contributed by atoms with van der Waals surface area (Å²) in [6.07, 6.45) is 7.34. The Morgan fingerprint density at radius 1 is 1.38 bits per heavy atom. The highest BCUT2D eigenvalue weighted by atomic mass is 35.5. The van der Waals surface area contributed by atoms with Gasteiger partial charge in [-0.15, -0.1) is 0 Å². The minimum Gasteiger partial charge on any atom is -0.355 e. The van der Waals surface area contributed by atoms with E-state index >= 15 is 0 Å². The Labute approximate surface area is 163 Å². The predicted octanol–water partition coefficient (Wildman–Crippen LogP) is 4.36. The average Bonchev–Trinajstić information content (AvgIpc) is 2.64. The van der Waals surface area contributed by atoms with E-state index in [1.165, 1.54) is 0 Å². The number of aromatic nitrogens is 2. The molecule has 1 atom stereocenters. The van der Waals surface area contributed by atoms with Crippen molar-refractivity contribution in [2.24, 2.45) is 5.92 Å². The summed E-state index contributed by atoms with van der Waals surface area (Å²) in [6.45, 7) is 4.43. The Balaban J connectivity index is 1.63. The van der Waals surface area contributed by atoms with Crippen LogP contribution >= 0.6 is 23.2 Å². The van der Waals surface area contributed by atoms with Crippen molar-refractivity contribution in [1.82, 2.24) is 9.97 Å². The van der Waals surface area contributed by atoms with Crippen LogP contribution in [0.15, 0.2) is 30.6 Å². The zero-order valence-corrected chi connectivity index (χ0v) is 16.2. The summed E-state index contributed by atoms with van der Waals surface area (Å²) in [4.78, 5) is 24.2. The van der Waals surface area contributed by atoms with Gasteiger partial charge in [-0.3, -0.25) is 9.69 Å². The van der Waals surface area contributed by atoms with E-state index < -0.39 is 0 Å². The summed E-state index contributed by atoms with van der Waals surface area (Å²) in [6, 6.07) is 5.58. The molecule has 0 aliphatic carbocycles. The smallest absolute Gasteiger partial charge is 0.215 e. The molecule has 1 aliphatic rings. The molecule has 1 unspecified atom stereocenters. The number of carbonyl (C=O) groups excluding carboxylic acids is 1. The minimum atomic E-state index is 0.476. The molecule has 26 heavy (non-hydrogen) atoms. The Hall–Kier alpha value is -1.85. The molecule has 1 saturated heterocycles. The standard InChI is InChI=1S/C19H22Cl2N4O/c1-14-4-2-7-22-18(14)25(13-26)9-6-15-5-3-8-24(12-15)19-17(21)10-16(20)11-23-19/h2,4,7,10-11,13,15H,3,5-6,8-9,12H2,1H3. The molecule has 138 valence electrons. The summed E-state index contributed by atoms with van der Waals surface area (Å²) in [5.74, 6) is 2.00. The fourth-order valence-electron chi connectivity index (χ4n) is 3.44. The van der Waals surface area contributed by atoms with Crippen molar-refractivity contribution in [3.63, 3.8) is 0 Å². The second-order valence-electron chi connectivity index (χ2n) is 6.64. The van der Waals surface area contributed by atoms with Crippen molar-refractivity contribution in [1.29, 1.82) is 0 Å². The number of aryl methyl sites for hydroxylation is 1. The Morgan fingerprint density at radius 3 is 2.96 bits per heavy atom. The van der Waals surface area contributed by atoms with E-state index in [1.54, 1.807) is 23.4 Å². The lowest BCUT2D eigenvalue weighted by Gasteiger charge is -2.34. The van der Waals surface area contributed by atoms with Crippen LogP contribution in [0.5, 0.6) is 0 Å². The normalized spacial score (nSPS) is 17.2. The number of pyridine rings is 2. The second kappa shape index (κ2) is 8.69. The largest absolute Gasteiger partial charge is 0.355 e. The van der Waals surface area contributed by atoms with Crippen LogP contribution in [0.4, 0.5) is 11.6 Å². The van der Waals surface area contributed by atoms with Crippen LogP contribution in [0.2, 0.25) is 10.0 Å². The average molecular weight is 393 g/mol. The third kappa shape index (κ3) is 4.46. The monoisotopic (exact) mass is 392 g/mol. The van der Waals surface area contributed by atoms with Crippen molar-refractivity contribution in [2.45, 2.75) is 26.2 Å². The molecule has 0 saturated carbocycles. The molecule has 0 aromatic carbocycles. The maximum atomic E-state index is 11.5. The molecule has 1 aliphatic heterocycles. The highest BCUT2D eigenvalue weighted by molar-refractivity contribution is 6.36. The molecular formula is C19H22Cl2N4O. The number of anilines is 2. The zero-order valence-electron chi connectivity index (χ0n) is 14.7. The van der Waals surface area contributed by atoms with Crippen LogP contribution in [0.1, 0.15) is 24.8 Å². The summed E-state index contributed by atoms with van der Waals surface area (Å²) in [5, 5.41) is 1.12. The maximum Gasteiger partial charge on any atom is 0.215 e. The lowest BCUT2D eigenvalue weighted by Crippen LogP contribution is -2.37. The first-order valence-corrected chi connectivity index (χ1v) is 9.53. The molecule has 3 heterocycles. The van der Waals surface area contributed by atoms with E-state index in [2.05, 4.69) is 14.9 Å². The van der Waals surface area contributed by atoms with E-state index in [-0.39, 0.29) is 0 Å². The van der Waals surface area contributed by atoms with Crippen LogP contribution in [-0.2, 0) is 4.79 Å². The van der Waals surface area contributed by atoms with Gasteiger partial charge in [0, 0.05) is 32.0 Å². The Bertz CT molecular complexity index is 771. The number of carbonyl (C=O) groups is 1. The summed E-state index contributed by atoms with van der Waals surface area (Å²) in [5.41, 5.74) is 1.00. The quantitative estimate of drug-likeness (QED) is 0.685. The number of amides is 1. The van der Waals surface area contributed by atoms with Crippen molar-refractivity contribution in [3.05, 3.63) is 46.2 Å². The molecule has 0 radical (unpaired) electrons.